The van der Waals surface area contributed by atoms with E-state index in [2.05, 4.69) is 9.13 Å². The summed E-state index contributed by atoms with van der Waals surface area (Å²) in [7, 11) is 4.82. The fraction of sp³-hybridized carbons (Fsp3) is 0.229. The molecule has 1 fully saturated rings. The molecule has 3 aliphatic rings. The first-order valence-electron chi connectivity index (χ1n) is 14.6. The molecular weight excluding hydrogens is 558 g/mol. The minimum absolute atomic E-state index is 0.0713. The van der Waals surface area contributed by atoms with E-state index in [1.54, 1.807) is 21.3 Å². The van der Waals surface area contributed by atoms with E-state index in [0.29, 0.717) is 46.6 Å². The Morgan fingerprint density at radius 3 is 1.77 bits per heavy atom. The molecule has 0 saturated heterocycles. The monoisotopic (exact) mass is 585 g/mol. The predicted molar refractivity (Wildman–Crippen MR) is 165 cm³/mol. The van der Waals surface area contributed by atoms with Crippen molar-refractivity contribution in [1.29, 1.82) is 0 Å². The third-order valence-electron chi connectivity index (χ3n) is 9.79. The second kappa shape index (κ2) is 8.63. The van der Waals surface area contributed by atoms with E-state index < -0.39 is 0 Å². The minimum Gasteiger partial charge on any atom is -0.497 e. The summed E-state index contributed by atoms with van der Waals surface area (Å²) in [5, 5.41) is 3.04. The van der Waals surface area contributed by atoms with Crippen LogP contribution in [0.25, 0.3) is 43.6 Å². The standard InChI is InChI=1S/C35H27N3O6/c1-42-19-6-4-17(5-7-19)16-36-34(40)30-28-22-14-20(43-2)8-10-24(22)37-18-12-26(27(39)13-18)38-25-11-9-21(44-3)15-23(25)29(31(30)35(36)41)33(38)32(28)37/h4-11,14-15,18,26H,12-13,16H2,1-3H3. The van der Waals surface area contributed by atoms with Gasteiger partial charge < -0.3 is 23.3 Å². The molecule has 2 bridgehead atoms. The molecule has 9 nitrogen and oxygen atoms in total. The van der Waals surface area contributed by atoms with Crippen LogP contribution in [0.15, 0.2) is 60.7 Å². The number of carbonyl (C=O) groups excluding carboxylic acids is 3. The summed E-state index contributed by atoms with van der Waals surface area (Å²) in [5.41, 5.74) is 5.03. The van der Waals surface area contributed by atoms with Crippen LogP contribution in [0.1, 0.15) is 51.2 Å². The van der Waals surface area contributed by atoms with Crippen LogP contribution >= 0.6 is 0 Å². The van der Waals surface area contributed by atoms with Gasteiger partial charge >= 0.3 is 0 Å². The lowest BCUT2D eigenvalue weighted by Gasteiger charge is -2.15. The second-order valence-corrected chi connectivity index (χ2v) is 11.8. The van der Waals surface area contributed by atoms with E-state index in [1.165, 1.54) is 4.90 Å². The number of nitrogens with zero attached hydrogens (tertiary/aromatic N) is 3. The van der Waals surface area contributed by atoms with Gasteiger partial charge in [-0.3, -0.25) is 19.3 Å². The Hall–Kier alpha value is -5.31. The number of hydrogen-bond acceptors (Lipinski definition) is 6. The van der Waals surface area contributed by atoms with E-state index in [9.17, 15) is 14.4 Å². The number of amides is 2. The highest BCUT2D eigenvalue weighted by molar-refractivity contribution is 6.39. The third-order valence-corrected chi connectivity index (χ3v) is 9.79. The van der Waals surface area contributed by atoms with Crippen LogP contribution in [-0.4, -0.2) is 53.0 Å². The zero-order valence-electron chi connectivity index (χ0n) is 24.3. The maximum absolute atomic E-state index is 14.5. The van der Waals surface area contributed by atoms with Crippen molar-refractivity contribution in [2.24, 2.45) is 0 Å². The molecule has 44 heavy (non-hydrogen) atoms. The minimum atomic E-state index is -0.370. The number of aromatic nitrogens is 2. The lowest BCUT2D eigenvalue weighted by Crippen LogP contribution is -2.29. The van der Waals surface area contributed by atoms with Gasteiger partial charge in [0.25, 0.3) is 11.8 Å². The van der Waals surface area contributed by atoms with Crippen molar-refractivity contribution in [2.45, 2.75) is 31.5 Å². The number of carbonyl (C=O) groups is 3. The topological polar surface area (TPSA) is 92.0 Å². The van der Waals surface area contributed by atoms with Gasteiger partial charge in [0.15, 0.2) is 5.78 Å². The largest absolute Gasteiger partial charge is 0.497 e. The molecule has 6 aromatic rings. The Kier molecular flexibility index (Phi) is 4.94. The first-order valence-corrected chi connectivity index (χ1v) is 14.6. The molecule has 4 heterocycles. The van der Waals surface area contributed by atoms with Crippen LogP contribution in [0.2, 0.25) is 0 Å². The van der Waals surface area contributed by atoms with Gasteiger partial charge in [-0.05, 0) is 60.5 Å². The Morgan fingerprint density at radius 2 is 1.20 bits per heavy atom. The summed E-state index contributed by atoms with van der Waals surface area (Å²) in [6.07, 6.45) is 1.04. The molecule has 1 saturated carbocycles. The first-order chi connectivity index (χ1) is 21.4. The summed E-state index contributed by atoms with van der Waals surface area (Å²) in [5.74, 6) is 1.47. The fourth-order valence-corrected chi connectivity index (χ4v) is 7.90. The summed E-state index contributed by atoms with van der Waals surface area (Å²) < 4.78 is 20.9. The Balaban J connectivity index is 1.45. The predicted octanol–water partition coefficient (Wildman–Crippen LogP) is 6.18. The van der Waals surface area contributed by atoms with E-state index in [0.717, 1.165) is 43.8 Å². The molecule has 2 amide bonds. The molecule has 2 aliphatic heterocycles. The number of ether oxygens (including phenoxy) is 3. The van der Waals surface area contributed by atoms with Gasteiger partial charge in [-0.2, -0.15) is 0 Å². The molecule has 0 N–H and O–H groups in total. The Bertz CT molecular complexity index is 2290. The molecule has 218 valence electrons. The summed E-state index contributed by atoms with van der Waals surface area (Å²) in [6.45, 7) is 0.118. The van der Waals surface area contributed by atoms with Crippen molar-refractivity contribution >= 4 is 61.2 Å². The van der Waals surface area contributed by atoms with Gasteiger partial charge in [-0.25, -0.2) is 0 Å². The average molecular weight is 586 g/mol. The Morgan fingerprint density at radius 1 is 0.682 bits per heavy atom. The molecule has 9 heteroatoms. The highest BCUT2D eigenvalue weighted by Crippen LogP contribution is 2.54. The summed E-state index contributed by atoms with van der Waals surface area (Å²) >= 11 is 0. The molecule has 9 rings (SSSR count). The molecule has 1 aliphatic carbocycles. The van der Waals surface area contributed by atoms with E-state index in [1.807, 2.05) is 60.7 Å². The number of Topliss-reactive ketones (excluding diaryl/α,β-unsaturated/α-hetero) is 1. The summed E-state index contributed by atoms with van der Waals surface area (Å²) in [4.78, 5) is 44.0. The maximum Gasteiger partial charge on any atom is 0.262 e. The van der Waals surface area contributed by atoms with Crippen molar-refractivity contribution in [3.05, 3.63) is 77.4 Å². The number of hydrogen-bond donors (Lipinski definition) is 0. The van der Waals surface area contributed by atoms with Gasteiger partial charge in [-0.15, -0.1) is 0 Å². The molecule has 0 spiro atoms. The van der Waals surface area contributed by atoms with Crippen LogP contribution in [0.3, 0.4) is 0 Å². The first kappa shape index (κ1) is 25.2. The highest BCUT2D eigenvalue weighted by Gasteiger charge is 2.46. The highest BCUT2D eigenvalue weighted by atomic mass is 16.5. The number of fused-ring (bicyclic) bond motifs is 13. The van der Waals surface area contributed by atoms with Crippen molar-refractivity contribution in [1.82, 2.24) is 14.0 Å². The van der Waals surface area contributed by atoms with Crippen LogP contribution in [0.4, 0.5) is 0 Å². The molecule has 0 radical (unpaired) electrons. The van der Waals surface area contributed by atoms with E-state index in [4.69, 9.17) is 14.2 Å². The number of benzene rings is 4. The van der Waals surface area contributed by atoms with Crippen LogP contribution in [-0.2, 0) is 11.3 Å². The molecule has 4 aromatic carbocycles. The maximum atomic E-state index is 14.5. The SMILES string of the molecule is COc1ccc(CN2C(=O)c3c(c4c5cc(OC)ccc5n5c4c4c3c3cc(OC)ccc3n4C3CC(=O)C5C3)C2=O)cc1. The fourth-order valence-electron chi connectivity index (χ4n) is 7.90. The van der Waals surface area contributed by atoms with Crippen molar-refractivity contribution in [3.8, 4) is 17.2 Å². The molecule has 2 unspecified atom stereocenters. The van der Waals surface area contributed by atoms with Crippen molar-refractivity contribution in [2.75, 3.05) is 21.3 Å². The van der Waals surface area contributed by atoms with Crippen LogP contribution in [0, 0.1) is 0 Å². The second-order valence-electron chi connectivity index (χ2n) is 11.8. The zero-order valence-corrected chi connectivity index (χ0v) is 24.3. The van der Waals surface area contributed by atoms with E-state index in [-0.39, 0.29) is 36.2 Å². The lowest BCUT2D eigenvalue weighted by molar-refractivity contribution is -0.120. The van der Waals surface area contributed by atoms with Crippen molar-refractivity contribution < 1.29 is 28.6 Å². The number of rotatable bonds is 5. The average Bonchev–Trinajstić information content (AvgIpc) is 3.72. The third kappa shape index (κ3) is 3.01. The van der Waals surface area contributed by atoms with Gasteiger partial charge in [0.2, 0.25) is 0 Å². The van der Waals surface area contributed by atoms with Gasteiger partial charge in [0.05, 0.1) is 61.6 Å². The van der Waals surface area contributed by atoms with Gasteiger partial charge in [0.1, 0.15) is 17.2 Å². The number of ketones is 1. The quantitative estimate of drug-likeness (QED) is 0.224. The molecule has 2 aromatic heterocycles. The van der Waals surface area contributed by atoms with Crippen LogP contribution < -0.4 is 14.2 Å². The number of methoxy groups -OCH3 is 3. The zero-order chi connectivity index (χ0) is 30.0. The van der Waals surface area contributed by atoms with Crippen molar-refractivity contribution in [3.63, 3.8) is 0 Å². The van der Waals surface area contributed by atoms with Gasteiger partial charge in [-0.1, -0.05) is 12.1 Å². The molecular formula is C35H27N3O6. The van der Waals surface area contributed by atoms with Crippen LogP contribution in [0.5, 0.6) is 17.2 Å². The molecule has 2 atom stereocenters. The van der Waals surface area contributed by atoms with Gasteiger partial charge in [0, 0.05) is 39.5 Å². The number of imide groups is 1. The van der Waals surface area contributed by atoms with E-state index >= 15 is 0 Å². The lowest BCUT2D eigenvalue weighted by atomic mass is 9.96. The Labute approximate surface area is 251 Å². The smallest absolute Gasteiger partial charge is 0.262 e. The summed E-state index contributed by atoms with van der Waals surface area (Å²) in [6, 6.07) is 18.5. The normalized spacial score (nSPS) is 18.8.